The molecule has 0 radical (unpaired) electrons. The van der Waals surface area contributed by atoms with Gasteiger partial charge >= 0.3 is 12.3 Å². The first kappa shape index (κ1) is 15.4. The van der Waals surface area contributed by atoms with Crippen molar-refractivity contribution in [1.82, 2.24) is 4.98 Å². The number of ether oxygens (including phenoxy) is 2. The number of nitrogens with zero attached hydrogens (tertiary/aromatic N) is 1. The summed E-state index contributed by atoms with van der Waals surface area (Å²) in [6, 6.07) is 0. The zero-order valence-corrected chi connectivity index (χ0v) is 10.4. The molecule has 0 aliphatic rings. The van der Waals surface area contributed by atoms with Gasteiger partial charge in [-0.05, 0) is 0 Å². The summed E-state index contributed by atoms with van der Waals surface area (Å²) >= 11 is 5.52. The van der Waals surface area contributed by atoms with Gasteiger partial charge in [-0.1, -0.05) is 0 Å². The first-order valence-corrected chi connectivity index (χ1v) is 5.40. The van der Waals surface area contributed by atoms with E-state index >= 15 is 0 Å². The molecule has 9 heteroatoms. The van der Waals surface area contributed by atoms with Crippen molar-refractivity contribution in [2.24, 2.45) is 0 Å². The number of hydrogen-bond acceptors (Lipinski definition) is 4. The molecule has 0 aliphatic heterocycles. The number of carboxylic acids is 1. The molecule has 1 rings (SSSR count). The van der Waals surface area contributed by atoms with Crippen LogP contribution in [0.15, 0.2) is 6.20 Å². The van der Waals surface area contributed by atoms with E-state index in [1.165, 1.54) is 0 Å². The lowest BCUT2D eigenvalue weighted by molar-refractivity contribution is -0.275. The van der Waals surface area contributed by atoms with E-state index in [-0.39, 0.29) is 22.9 Å². The molecule has 1 N–H and O–H groups in total. The topological polar surface area (TPSA) is 68.7 Å². The van der Waals surface area contributed by atoms with Crippen LogP contribution in [0, 0.1) is 0 Å². The maximum atomic E-state index is 12.3. The van der Waals surface area contributed by atoms with Gasteiger partial charge in [0.15, 0.2) is 11.5 Å². The quantitative estimate of drug-likeness (QED) is 0.845. The van der Waals surface area contributed by atoms with Crippen LogP contribution in [-0.4, -0.2) is 29.5 Å². The summed E-state index contributed by atoms with van der Waals surface area (Å²) in [5, 5.41) is 8.65. The molecular weight excluding hydrogens is 291 g/mol. The Morgan fingerprint density at radius 3 is 2.53 bits per heavy atom. The molecule has 0 spiro atoms. The molecule has 0 amide bonds. The van der Waals surface area contributed by atoms with Gasteiger partial charge < -0.3 is 14.6 Å². The minimum atomic E-state index is -4.98. The van der Waals surface area contributed by atoms with Crippen LogP contribution < -0.4 is 9.47 Å². The van der Waals surface area contributed by atoms with Gasteiger partial charge in [0.2, 0.25) is 0 Å². The van der Waals surface area contributed by atoms with E-state index in [2.05, 4.69) is 9.72 Å². The van der Waals surface area contributed by atoms with Crippen molar-refractivity contribution in [1.29, 1.82) is 0 Å². The van der Waals surface area contributed by atoms with E-state index in [9.17, 15) is 18.0 Å². The predicted octanol–water partition coefficient (Wildman–Crippen LogP) is 2.35. The van der Waals surface area contributed by atoms with Crippen molar-refractivity contribution >= 4 is 17.6 Å². The highest BCUT2D eigenvalue weighted by Gasteiger charge is 2.35. The Kier molecular flexibility index (Phi) is 4.82. The maximum Gasteiger partial charge on any atom is 0.573 e. The van der Waals surface area contributed by atoms with Gasteiger partial charge in [-0.2, -0.15) is 0 Å². The van der Waals surface area contributed by atoms with Crippen molar-refractivity contribution in [3.63, 3.8) is 0 Å². The van der Waals surface area contributed by atoms with Crippen LogP contribution in [0.1, 0.15) is 11.3 Å². The van der Waals surface area contributed by atoms with Crippen molar-refractivity contribution < 1.29 is 32.5 Å². The maximum absolute atomic E-state index is 12.3. The Morgan fingerprint density at radius 1 is 1.47 bits per heavy atom. The van der Waals surface area contributed by atoms with Crippen LogP contribution in [0.3, 0.4) is 0 Å². The van der Waals surface area contributed by atoms with Gasteiger partial charge in [-0.25, -0.2) is 0 Å². The molecule has 19 heavy (non-hydrogen) atoms. The summed E-state index contributed by atoms with van der Waals surface area (Å²) in [4.78, 5) is 14.4. The highest BCUT2D eigenvalue weighted by atomic mass is 35.5. The molecule has 0 fully saturated rings. The summed E-state index contributed by atoms with van der Waals surface area (Å²) in [7, 11) is 1.11. The minimum absolute atomic E-state index is 0.0255. The lowest BCUT2D eigenvalue weighted by Gasteiger charge is -2.17. The molecule has 0 aliphatic carbocycles. The molecule has 5 nitrogen and oxygen atoms in total. The second-order valence-corrected chi connectivity index (χ2v) is 3.61. The SMILES string of the molecule is COc1c(CCl)ncc(CC(=O)O)c1OC(F)(F)F. The lowest BCUT2D eigenvalue weighted by Crippen LogP contribution is -2.20. The zero-order chi connectivity index (χ0) is 14.6. The molecule has 1 heterocycles. The van der Waals surface area contributed by atoms with E-state index in [4.69, 9.17) is 21.4 Å². The highest BCUT2D eigenvalue weighted by Crippen LogP contribution is 2.38. The molecule has 1 aromatic heterocycles. The lowest BCUT2D eigenvalue weighted by atomic mass is 10.1. The second kappa shape index (κ2) is 5.96. The van der Waals surface area contributed by atoms with E-state index in [0.717, 1.165) is 13.3 Å². The Balaban J connectivity index is 3.35. The van der Waals surface area contributed by atoms with Crippen molar-refractivity contribution in [2.75, 3.05) is 7.11 Å². The smallest absolute Gasteiger partial charge is 0.491 e. The second-order valence-electron chi connectivity index (χ2n) is 3.34. The van der Waals surface area contributed by atoms with Crippen molar-refractivity contribution in [2.45, 2.75) is 18.7 Å². The first-order valence-electron chi connectivity index (χ1n) is 4.86. The fourth-order valence-electron chi connectivity index (χ4n) is 1.37. The van der Waals surface area contributed by atoms with Crippen LogP contribution in [-0.2, 0) is 17.1 Å². The number of aromatic nitrogens is 1. The third-order valence-corrected chi connectivity index (χ3v) is 2.28. The minimum Gasteiger partial charge on any atom is -0.491 e. The standard InChI is InChI=1S/C10H9ClF3NO4/c1-18-9-6(3-11)15-4-5(2-7(16)17)8(9)19-10(12,13)14/h4H,2-3H2,1H3,(H,16,17). The van der Waals surface area contributed by atoms with Crippen LogP contribution in [0.5, 0.6) is 11.5 Å². The largest absolute Gasteiger partial charge is 0.573 e. The average Bonchev–Trinajstić information content (AvgIpc) is 2.28. The molecule has 106 valence electrons. The fraction of sp³-hybridized carbons (Fsp3) is 0.400. The zero-order valence-electron chi connectivity index (χ0n) is 9.62. The highest BCUT2D eigenvalue weighted by molar-refractivity contribution is 6.17. The third kappa shape index (κ3) is 4.16. The van der Waals surface area contributed by atoms with Crippen molar-refractivity contribution in [3.05, 3.63) is 17.5 Å². The Labute approximate surface area is 110 Å². The molecule has 0 saturated heterocycles. The van der Waals surface area contributed by atoms with E-state index in [1.807, 2.05) is 0 Å². The Morgan fingerprint density at radius 2 is 2.11 bits per heavy atom. The van der Waals surface area contributed by atoms with E-state index in [0.29, 0.717) is 0 Å². The average molecular weight is 300 g/mol. The number of hydrogen-bond donors (Lipinski definition) is 1. The number of carbonyl (C=O) groups is 1. The number of methoxy groups -OCH3 is 1. The molecule has 0 saturated carbocycles. The normalized spacial score (nSPS) is 11.2. The molecule has 0 bridgehead atoms. The third-order valence-electron chi connectivity index (χ3n) is 2.03. The molecular formula is C10H9ClF3NO4. The number of alkyl halides is 4. The summed E-state index contributed by atoms with van der Waals surface area (Å²) in [5.74, 6) is -2.59. The van der Waals surface area contributed by atoms with Gasteiger partial charge in [0.05, 0.1) is 19.4 Å². The number of rotatable bonds is 5. The molecule has 0 unspecified atom stereocenters. The van der Waals surface area contributed by atoms with Crippen LogP contribution >= 0.6 is 11.6 Å². The molecule has 0 aromatic carbocycles. The van der Waals surface area contributed by atoms with Gasteiger partial charge in [-0.15, -0.1) is 24.8 Å². The van der Waals surface area contributed by atoms with Crippen molar-refractivity contribution in [3.8, 4) is 11.5 Å². The monoisotopic (exact) mass is 299 g/mol. The van der Waals surface area contributed by atoms with Gasteiger partial charge in [0.25, 0.3) is 0 Å². The van der Waals surface area contributed by atoms with Crippen LogP contribution in [0.2, 0.25) is 0 Å². The summed E-state index contributed by atoms with van der Waals surface area (Å²) in [6.07, 6.45) is -4.70. The number of pyridine rings is 1. The first-order chi connectivity index (χ1) is 8.78. The fourth-order valence-corrected chi connectivity index (χ4v) is 1.56. The predicted molar refractivity (Wildman–Crippen MR) is 58.4 cm³/mol. The Hall–Kier alpha value is -1.70. The number of aliphatic carboxylic acids is 1. The number of carboxylic acid groups (broad SMARTS) is 1. The van der Waals surface area contributed by atoms with Crippen LogP contribution in [0.25, 0.3) is 0 Å². The van der Waals surface area contributed by atoms with Gasteiger partial charge in [0.1, 0.15) is 5.69 Å². The van der Waals surface area contributed by atoms with Crippen LogP contribution in [0.4, 0.5) is 13.2 Å². The summed E-state index contributed by atoms with van der Waals surface area (Å²) < 4.78 is 45.6. The summed E-state index contributed by atoms with van der Waals surface area (Å²) in [5.41, 5.74) is -0.229. The Bertz CT molecular complexity index is 479. The molecule has 1 aromatic rings. The summed E-state index contributed by atoms with van der Waals surface area (Å²) in [6.45, 7) is 0. The molecule has 0 atom stereocenters. The van der Waals surface area contributed by atoms with E-state index < -0.39 is 24.5 Å². The van der Waals surface area contributed by atoms with Gasteiger partial charge in [0, 0.05) is 11.8 Å². The number of halogens is 4. The van der Waals surface area contributed by atoms with E-state index in [1.54, 1.807) is 0 Å². The van der Waals surface area contributed by atoms with Gasteiger partial charge in [-0.3, -0.25) is 9.78 Å².